The van der Waals surface area contributed by atoms with Gasteiger partial charge in [0.15, 0.2) is 6.10 Å². The highest BCUT2D eigenvalue weighted by Gasteiger charge is 2.19. The van der Waals surface area contributed by atoms with Gasteiger partial charge >= 0.3 is 17.9 Å². The first-order valence-corrected chi connectivity index (χ1v) is 31.5. The summed E-state index contributed by atoms with van der Waals surface area (Å²) in [5.74, 6) is -0.906. The first kappa shape index (κ1) is 71.8. The van der Waals surface area contributed by atoms with Crippen LogP contribution in [0.5, 0.6) is 0 Å². The second-order valence-electron chi connectivity index (χ2n) is 20.6. The Labute approximate surface area is 469 Å². The fourth-order valence-electron chi connectivity index (χ4n) is 8.56. The van der Waals surface area contributed by atoms with Crippen molar-refractivity contribution < 1.29 is 28.6 Å². The molecule has 0 radical (unpaired) electrons. The SMILES string of the molecule is CC/C=C\C/C=C\C/C=C\C/C=C\C/C=C\C/C=C\C/C=C\CCCCCCCCCCCC(=O)OCC(COC(=O)CCCCCCCCCCCCCC)OC(=O)CCCCCCC/C=C\C/C=C\C/C=C\CC. The van der Waals surface area contributed by atoms with Crippen LogP contribution in [0.15, 0.2) is 122 Å². The van der Waals surface area contributed by atoms with E-state index in [-0.39, 0.29) is 31.1 Å². The minimum atomic E-state index is -0.791. The van der Waals surface area contributed by atoms with Crippen LogP contribution in [0.2, 0.25) is 0 Å². The number of unbranched alkanes of at least 4 members (excludes halogenated alkanes) is 25. The third kappa shape index (κ3) is 60.7. The summed E-state index contributed by atoms with van der Waals surface area (Å²) >= 11 is 0. The number of rotatable bonds is 56. The number of esters is 3. The number of hydrogen-bond acceptors (Lipinski definition) is 6. The van der Waals surface area contributed by atoms with Crippen LogP contribution in [-0.4, -0.2) is 37.2 Å². The number of carbonyl (C=O) groups excluding carboxylic acids is 3. The fraction of sp³-hybridized carbons (Fsp3) is 0.671. The van der Waals surface area contributed by atoms with Gasteiger partial charge in [0, 0.05) is 19.3 Å². The van der Waals surface area contributed by atoms with Gasteiger partial charge in [-0.3, -0.25) is 14.4 Å². The molecular weight excluding hydrogens is 937 g/mol. The number of hydrogen-bond donors (Lipinski definition) is 0. The smallest absolute Gasteiger partial charge is 0.306 e. The topological polar surface area (TPSA) is 78.9 Å². The first-order valence-electron chi connectivity index (χ1n) is 31.5. The second kappa shape index (κ2) is 63.3. The van der Waals surface area contributed by atoms with Crippen molar-refractivity contribution in [3.05, 3.63) is 122 Å². The normalized spacial score (nSPS) is 12.9. The van der Waals surface area contributed by atoms with Crippen molar-refractivity contribution in [1.29, 1.82) is 0 Å². The zero-order valence-electron chi connectivity index (χ0n) is 49.5. The van der Waals surface area contributed by atoms with Crippen molar-refractivity contribution in [2.24, 2.45) is 0 Å². The molecule has 0 heterocycles. The van der Waals surface area contributed by atoms with E-state index >= 15 is 0 Å². The van der Waals surface area contributed by atoms with Crippen LogP contribution in [0.4, 0.5) is 0 Å². The molecule has 0 aromatic heterocycles. The lowest BCUT2D eigenvalue weighted by atomic mass is 10.0. The van der Waals surface area contributed by atoms with Gasteiger partial charge in [-0.15, -0.1) is 0 Å². The van der Waals surface area contributed by atoms with Gasteiger partial charge in [0.05, 0.1) is 0 Å². The van der Waals surface area contributed by atoms with Gasteiger partial charge in [0.25, 0.3) is 0 Å². The molecule has 432 valence electrons. The average molecular weight is 1050 g/mol. The molecule has 0 bridgehead atoms. The molecule has 76 heavy (non-hydrogen) atoms. The molecule has 0 aliphatic rings. The van der Waals surface area contributed by atoms with Crippen molar-refractivity contribution in [3.8, 4) is 0 Å². The zero-order chi connectivity index (χ0) is 55.0. The monoisotopic (exact) mass is 1050 g/mol. The number of carbonyl (C=O) groups is 3. The van der Waals surface area contributed by atoms with Crippen LogP contribution in [0, 0.1) is 0 Å². The molecule has 0 rings (SSSR count). The Morgan fingerprint density at radius 1 is 0.276 bits per heavy atom. The number of ether oxygens (including phenoxy) is 3. The van der Waals surface area contributed by atoms with Crippen LogP contribution >= 0.6 is 0 Å². The van der Waals surface area contributed by atoms with Crippen molar-refractivity contribution in [2.75, 3.05) is 13.2 Å². The summed E-state index contributed by atoms with van der Waals surface area (Å²) in [6.45, 7) is 6.40. The largest absolute Gasteiger partial charge is 0.462 e. The number of allylic oxidation sites excluding steroid dienone is 20. The quantitative estimate of drug-likeness (QED) is 0.0261. The van der Waals surface area contributed by atoms with Gasteiger partial charge in [-0.05, 0) is 109 Å². The fourth-order valence-corrected chi connectivity index (χ4v) is 8.56. The summed E-state index contributed by atoms with van der Waals surface area (Å²) in [5.41, 5.74) is 0. The van der Waals surface area contributed by atoms with Gasteiger partial charge in [-0.1, -0.05) is 277 Å². The van der Waals surface area contributed by atoms with E-state index < -0.39 is 6.10 Å². The average Bonchev–Trinajstić information content (AvgIpc) is 3.42. The Morgan fingerprint density at radius 3 is 0.803 bits per heavy atom. The Balaban J connectivity index is 4.27. The maximum absolute atomic E-state index is 12.9. The molecule has 0 saturated heterocycles. The molecule has 0 fully saturated rings. The van der Waals surface area contributed by atoms with Gasteiger partial charge in [-0.25, -0.2) is 0 Å². The van der Waals surface area contributed by atoms with Crippen LogP contribution in [0.25, 0.3) is 0 Å². The Kier molecular flexibility index (Phi) is 59.9. The Hall–Kier alpha value is -4.19. The predicted molar refractivity (Wildman–Crippen MR) is 330 cm³/mol. The van der Waals surface area contributed by atoms with E-state index in [1.165, 1.54) is 96.3 Å². The molecule has 0 aromatic carbocycles. The first-order chi connectivity index (χ1) is 37.5. The molecule has 1 atom stereocenters. The lowest BCUT2D eigenvalue weighted by Crippen LogP contribution is -2.30. The van der Waals surface area contributed by atoms with E-state index in [9.17, 15) is 14.4 Å². The van der Waals surface area contributed by atoms with E-state index in [2.05, 4.69) is 142 Å². The van der Waals surface area contributed by atoms with Crippen LogP contribution in [-0.2, 0) is 28.6 Å². The van der Waals surface area contributed by atoms with Crippen molar-refractivity contribution in [3.63, 3.8) is 0 Å². The third-order valence-electron chi connectivity index (χ3n) is 13.2. The standard InChI is InChI=1S/C70H116O6/c1-4-7-10-13-16-19-22-25-27-28-29-30-31-32-33-34-35-36-37-38-39-40-41-42-44-45-48-51-54-57-60-63-69(72)75-66-67(65-74-68(71)62-59-56-53-50-47-24-21-18-15-12-9-6-3)76-70(73)64-61-58-55-52-49-46-43-26-23-20-17-14-11-8-5-2/h7-8,10-11,16-17,19-20,25-27,29-30,32-33,35-36,38-39,43,67H,4-6,9,12-15,18,21-24,28,31,34,37,40-42,44-66H2,1-3H3/b10-7-,11-8-,19-16-,20-17-,27-25-,30-29-,33-32-,36-35-,39-38-,43-26-. The third-order valence-corrected chi connectivity index (χ3v) is 13.2. The Morgan fingerprint density at radius 2 is 0.513 bits per heavy atom. The zero-order valence-corrected chi connectivity index (χ0v) is 49.5. The van der Waals surface area contributed by atoms with Gasteiger partial charge in [-0.2, -0.15) is 0 Å². The van der Waals surface area contributed by atoms with E-state index in [1.807, 2.05) is 0 Å². The Bertz CT molecular complexity index is 1590. The van der Waals surface area contributed by atoms with Gasteiger partial charge in [0.2, 0.25) is 0 Å². The van der Waals surface area contributed by atoms with Crippen molar-refractivity contribution in [2.45, 2.75) is 290 Å². The summed E-state index contributed by atoms with van der Waals surface area (Å²) < 4.78 is 16.9. The summed E-state index contributed by atoms with van der Waals surface area (Å²) in [4.78, 5) is 38.2. The van der Waals surface area contributed by atoms with E-state index in [0.717, 1.165) is 148 Å². The van der Waals surface area contributed by atoms with Crippen molar-refractivity contribution >= 4 is 17.9 Å². The highest BCUT2D eigenvalue weighted by Crippen LogP contribution is 2.16. The second-order valence-corrected chi connectivity index (χ2v) is 20.6. The molecule has 0 N–H and O–H groups in total. The molecule has 0 saturated carbocycles. The summed E-state index contributed by atoms with van der Waals surface area (Å²) in [6.07, 6.45) is 87.8. The summed E-state index contributed by atoms with van der Waals surface area (Å²) in [5, 5.41) is 0. The minimum Gasteiger partial charge on any atom is -0.462 e. The van der Waals surface area contributed by atoms with Crippen LogP contribution < -0.4 is 0 Å². The summed E-state index contributed by atoms with van der Waals surface area (Å²) in [7, 11) is 0. The lowest BCUT2D eigenvalue weighted by molar-refractivity contribution is -0.167. The highest BCUT2D eigenvalue weighted by atomic mass is 16.6. The highest BCUT2D eigenvalue weighted by molar-refractivity contribution is 5.71. The molecule has 0 spiro atoms. The lowest BCUT2D eigenvalue weighted by Gasteiger charge is -2.18. The van der Waals surface area contributed by atoms with E-state index in [4.69, 9.17) is 14.2 Å². The molecule has 1 unspecified atom stereocenters. The molecule has 0 aliphatic heterocycles. The van der Waals surface area contributed by atoms with Crippen LogP contribution in [0.1, 0.15) is 284 Å². The maximum Gasteiger partial charge on any atom is 0.306 e. The summed E-state index contributed by atoms with van der Waals surface area (Å²) in [6, 6.07) is 0. The maximum atomic E-state index is 12.9. The molecule has 0 aliphatic carbocycles. The molecule has 0 amide bonds. The van der Waals surface area contributed by atoms with Gasteiger partial charge in [0.1, 0.15) is 13.2 Å². The van der Waals surface area contributed by atoms with E-state index in [0.29, 0.717) is 19.3 Å². The molecule has 6 heteroatoms. The van der Waals surface area contributed by atoms with E-state index in [1.54, 1.807) is 0 Å². The molecule has 6 nitrogen and oxygen atoms in total. The van der Waals surface area contributed by atoms with Gasteiger partial charge < -0.3 is 14.2 Å². The van der Waals surface area contributed by atoms with Crippen molar-refractivity contribution in [1.82, 2.24) is 0 Å². The molecule has 0 aromatic rings. The van der Waals surface area contributed by atoms with Crippen LogP contribution in [0.3, 0.4) is 0 Å². The minimum absolute atomic E-state index is 0.0862. The predicted octanol–water partition coefficient (Wildman–Crippen LogP) is 21.6. The molecular formula is C70H116O6.